The molecule has 4 heteroatoms. The lowest BCUT2D eigenvalue weighted by molar-refractivity contribution is 1.06. The highest BCUT2D eigenvalue weighted by Gasteiger charge is 2.02. The molecule has 0 aliphatic rings. The van der Waals surface area contributed by atoms with E-state index in [1.165, 1.54) is 0 Å². The fourth-order valence-corrected chi connectivity index (χ4v) is 2.03. The Morgan fingerprint density at radius 3 is 2.55 bits per heavy atom. The van der Waals surface area contributed by atoms with Gasteiger partial charge in [-0.25, -0.2) is 0 Å². The molecular weight excluding hydrogens is 291 g/mol. The van der Waals surface area contributed by atoms with E-state index in [1.54, 1.807) is 12.1 Å². The van der Waals surface area contributed by atoms with Gasteiger partial charge in [0, 0.05) is 0 Å². The summed E-state index contributed by atoms with van der Waals surface area (Å²) in [6.07, 6.45) is 3.69. The number of halogens is 2. The molecule has 2 nitrogen and oxygen atoms in total. The molecule has 102 valence electrons. The van der Waals surface area contributed by atoms with E-state index in [-0.39, 0.29) is 0 Å². The molecule has 0 aromatic heterocycles. The van der Waals surface area contributed by atoms with E-state index in [0.29, 0.717) is 22.4 Å². The van der Waals surface area contributed by atoms with Crippen LogP contribution in [0.5, 0.6) is 0 Å². The first-order chi connectivity index (χ1) is 9.66. The number of hydrogen-bond donors (Lipinski definition) is 1. The van der Waals surface area contributed by atoms with Gasteiger partial charge in [0.2, 0.25) is 0 Å². The normalized spacial score (nSPS) is 12.0. The zero-order chi connectivity index (χ0) is 14.4. The van der Waals surface area contributed by atoms with Crippen molar-refractivity contribution < 1.29 is 0 Å². The Labute approximate surface area is 128 Å². The van der Waals surface area contributed by atoms with Gasteiger partial charge in [-0.1, -0.05) is 71.7 Å². The standard InChI is InChI=1S/C16H14Cl2N2/c17-14-8-4-7-13(16(14)18)11-20-15(19)10-9-12-5-2-1-3-6-12/h1-10H,11H2,(H2,19,20)/b10-9+. The molecule has 0 amide bonds. The minimum Gasteiger partial charge on any atom is -0.384 e. The summed E-state index contributed by atoms with van der Waals surface area (Å²) >= 11 is 12.0. The van der Waals surface area contributed by atoms with Crippen molar-refractivity contribution in [2.75, 3.05) is 0 Å². The van der Waals surface area contributed by atoms with E-state index in [0.717, 1.165) is 11.1 Å². The average Bonchev–Trinajstić information content (AvgIpc) is 2.48. The summed E-state index contributed by atoms with van der Waals surface area (Å²) in [5.41, 5.74) is 7.78. The lowest BCUT2D eigenvalue weighted by Crippen LogP contribution is -2.08. The number of rotatable bonds is 4. The van der Waals surface area contributed by atoms with Crippen molar-refractivity contribution in [3.8, 4) is 0 Å². The Morgan fingerprint density at radius 1 is 1.05 bits per heavy atom. The molecule has 0 saturated heterocycles. The monoisotopic (exact) mass is 304 g/mol. The topological polar surface area (TPSA) is 38.4 Å². The molecule has 0 aliphatic heterocycles. The summed E-state index contributed by atoms with van der Waals surface area (Å²) in [6.45, 7) is 0.407. The highest BCUT2D eigenvalue weighted by molar-refractivity contribution is 6.42. The van der Waals surface area contributed by atoms with Crippen molar-refractivity contribution in [3.63, 3.8) is 0 Å². The Balaban J connectivity index is 2.04. The molecule has 20 heavy (non-hydrogen) atoms. The van der Waals surface area contributed by atoms with Gasteiger partial charge in [-0.05, 0) is 23.3 Å². The first-order valence-corrected chi connectivity index (χ1v) is 6.88. The van der Waals surface area contributed by atoms with Crippen molar-refractivity contribution in [2.24, 2.45) is 10.7 Å². The predicted molar refractivity (Wildman–Crippen MR) is 87.3 cm³/mol. The highest BCUT2D eigenvalue weighted by atomic mass is 35.5. The van der Waals surface area contributed by atoms with E-state index in [1.807, 2.05) is 48.5 Å². The summed E-state index contributed by atoms with van der Waals surface area (Å²) in [5, 5.41) is 1.05. The number of nitrogens with zero attached hydrogens (tertiary/aromatic N) is 1. The molecule has 0 heterocycles. The maximum atomic E-state index is 6.09. The molecule has 0 radical (unpaired) electrons. The molecule has 0 fully saturated rings. The summed E-state index contributed by atoms with van der Waals surface area (Å²) in [7, 11) is 0. The van der Waals surface area contributed by atoms with Crippen molar-refractivity contribution in [3.05, 3.63) is 75.8 Å². The molecule has 2 rings (SSSR count). The summed E-state index contributed by atoms with van der Waals surface area (Å²) in [4.78, 5) is 4.28. The van der Waals surface area contributed by atoms with Gasteiger partial charge in [-0.3, -0.25) is 4.99 Å². The lowest BCUT2D eigenvalue weighted by atomic mass is 10.2. The Morgan fingerprint density at radius 2 is 1.80 bits per heavy atom. The summed E-state index contributed by atoms with van der Waals surface area (Å²) in [5.74, 6) is 0.449. The molecule has 2 aromatic carbocycles. The fraction of sp³-hybridized carbons (Fsp3) is 0.0625. The first kappa shape index (κ1) is 14.6. The van der Waals surface area contributed by atoms with Crippen molar-refractivity contribution >= 4 is 35.1 Å². The third-order valence-electron chi connectivity index (χ3n) is 2.71. The second-order valence-electron chi connectivity index (χ2n) is 4.20. The summed E-state index contributed by atoms with van der Waals surface area (Å²) in [6, 6.07) is 15.4. The van der Waals surface area contributed by atoms with E-state index in [2.05, 4.69) is 4.99 Å². The van der Waals surface area contributed by atoms with Crippen molar-refractivity contribution in [2.45, 2.75) is 6.54 Å². The van der Waals surface area contributed by atoms with E-state index < -0.39 is 0 Å². The number of benzene rings is 2. The molecule has 0 bridgehead atoms. The van der Waals surface area contributed by atoms with Crippen LogP contribution in [0.2, 0.25) is 10.0 Å². The smallest absolute Gasteiger partial charge is 0.118 e. The third kappa shape index (κ3) is 4.12. The number of amidine groups is 1. The van der Waals surface area contributed by atoms with Gasteiger partial charge in [0.1, 0.15) is 5.84 Å². The second kappa shape index (κ2) is 7.13. The van der Waals surface area contributed by atoms with E-state index >= 15 is 0 Å². The largest absolute Gasteiger partial charge is 0.384 e. The van der Waals surface area contributed by atoms with Gasteiger partial charge >= 0.3 is 0 Å². The van der Waals surface area contributed by atoms with Crippen LogP contribution in [-0.2, 0) is 6.54 Å². The predicted octanol–water partition coefficient (Wildman–Crippen LogP) is 4.56. The Kier molecular flexibility index (Phi) is 5.22. The van der Waals surface area contributed by atoms with Gasteiger partial charge in [0.25, 0.3) is 0 Å². The van der Waals surface area contributed by atoms with Crippen molar-refractivity contribution in [1.82, 2.24) is 0 Å². The molecule has 2 N–H and O–H groups in total. The molecule has 0 atom stereocenters. The van der Waals surface area contributed by atoms with Crippen LogP contribution in [0.3, 0.4) is 0 Å². The average molecular weight is 305 g/mol. The van der Waals surface area contributed by atoms with Gasteiger partial charge in [0.15, 0.2) is 0 Å². The van der Waals surface area contributed by atoms with Crippen LogP contribution in [0.15, 0.2) is 59.6 Å². The molecule has 0 spiro atoms. The van der Waals surface area contributed by atoms with Gasteiger partial charge in [-0.15, -0.1) is 0 Å². The van der Waals surface area contributed by atoms with Crippen LogP contribution in [0.4, 0.5) is 0 Å². The summed E-state index contributed by atoms with van der Waals surface area (Å²) < 4.78 is 0. The van der Waals surface area contributed by atoms with Crippen molar-refractivity contribution in [1.29, 1.82) is 0 Å². The zero-order valence-corrected chi connectivity index (χ0v) is 12.3. The van der Waals surface area contributed by atoms with Crippen LogP contribution in [0.25, 0.3) is 6.08 Å². The number of hydrogen-bond acceptors (Lipinski definition) is 1. The van der Waals surface area contributed by atoms with Crippen LogP contribution in [0.1, 0.15) is 11.1 Å². The quantitative estimate of drug-likeness (QED) is 0.652. The van der Waals surface area contributed by atoms with E-state index in [9.17, 15) is 0 Å². The molecule has 0 aliphatic carbocycles. The maximum absolute atomic E-state index is 6.09. The Bertz CT molecular complexity index is 634. The van der Waals surface area contributed by atoms with Crippen LogP contribution in [-0.4, -0.2) is 5.84 Å². The number of nitrogens with two attached hydrogens (primary N) is 1. The molecule has 2 aromatic rings. The maximum Gasteiger partial charge on any atom is 0.118 e. The lowest BCUT2D eigenvalue weighted by Gasteiger charge is -2.02. The van der Waals surface area contributed by atoms with Crippen LogP contribution < -0.4 is 5.73 Å². The Hall–Kier alpha value is -1.77. The van der Waals surface area contributed by atoms with Crippen LogP contribution in [0, 0.1) is 0 Å². The molecular formula is C16H14Cl2N2. The van der Waals surface area contributed by atoms with Crippen LogP contribution >= 0.6 is 23.2 Å². The SMILES string of the molecule is NC(/C=C/c1ccccc1)=NCc1cccc(Cl)c1Cl. The van der Waals surface area contributed by atoms with Gasteiger partial charge in [-0.2, -0.15) is 0 Å². The first-order valence-electron chi connectivity index (χ1n) is 6.13. The fourth-order valence-electron chi connectivity index (χ4n) is 1.65. The third-order valence-corrected chi connectivity index (χ3v) is 3.57. The minimum atomic E-state index is 0.407. The van der Waals surface area contributed by atoms with Gasteiger partial charge < -0.3 is 5.73 Å². The number of aliphatic imine (C=N–C) groups is 1. The zero-order valence-electron chi connectivity index (χ0n) is 10.8. The highest BCUT2D eigenvalue weighted by Crippen LogP contribution is 2.25. The molecule has 0 unspecified atom stereocenters. The second-order valence-corrected chi connectivity index (χ2v) is 4.98. The minimum absolute atomic E-state index is 0.407. The van der Waals surface area contributed by atoms with E-state index in [4.69, 9.17) is 28.9 Å². The van der Waals surface area contributed by atoms with Gasteiger partial charge in [0.05, 0.1) is 16.6 Å². The molecule has 0 saturated carbocycles.